The zero-order chi connectivity index (χ0) is 17.6. The standard InChI is InChI=1S/C21H27N3O/c1-15(2)10-11-22-12-13-25-18-6-4-17(5-7-18)19-8-9-20-21(16(19)3)24-14-23-20/h4-9,14-15,22H,10-13H2,1-3H3,(H,23,24). The van der Waals surface area contributed by atoms with E-state index in [4.69, 9.17) is 4.74 Å². The van der Waals surface area contributed by atoms with Gasteiger partial charge in [0.15, 0.2) is 0 Å². The van der Waals surface area contributed by atoms with Crippen molar-refractivity contribution in [3.63, 3.8) is 0 Å². The first-order chi connectivity index (χ1) is 12.1. The van der Waals surface area contributed by atoms with E-state index in [1.54, 1.807) is 6.33 Å². The molecule has 0 saturated heterocycles. The summed E-state index contributed by atoms with van der Waals surface area (Å²) >= 11 is 0. The average Bonchev–Trinajstić information content (AvgIpc) is 3.08. The third-order valence-corrected chi connectivity index (χ3v) is 4.46. The molecule has 0 amide bonds. The van der Waals surface area contributed by atoms with Gasteiger partial charge in [-0.2, -0.15) is 0 Å². The van der Waals surface area contributed by atoms with E-state index >= 15 is 0 Å². The Kier molecular flexibility index (Phi) is 5.71. The van der Waals surface area contributed by atoms with Crippen molar-refractivity contribution in [2.24, 2.45) is 5.92 Å². The minimum Gasteiger partial charge on any atom is -0.492 e. The van der Waals surface area contributed by atoms with Crippen molar-refractivity contribution in [3.05, 3.63) is 48.3 Å². The van der Waals surface area contributed by atoms with Crippen LogP contribution >= 0.6 is 0 Å². The van der Waals surface area contributed by atoms with Crippen LogP contribution in [0.25, 0.3) is 22.2 Å². The van der Waals surface area contributed by atoms with Crippen LogP contribution < -0.4 is 10.1 Å². The molecule has 132 valence electrons. The molecule has 0 aliphatic rings. The maximum absolute atomic E-state index is 5.81. The second-order valence-electron chi connectivity index (χ2n) is 6.84. The molecule has 1 aromatic heterocycles. The molecular formula is C21H27N3O. The molecule has 3 rings (SSSR count). The molecule has 4 heteroatoms. The first-order valence-corrected chi connectivity index (χ1v) is 9.02. The van der Waals surface area contributed by atoms with E-state index in [1.807, 2.05) is 12.1 Å². The zero-order valence-corrected chi connectivity index (χ0v) is 15.3. The lowest BCUT2D eigenvalue weighted by atomic mass is 9.99. The number of rotatable bonds is 8. The highest BCUT2D eigenvalue weighted by molar-refractivity contribution is 5.86. The van der Waals surface area contributed by atoms with Crippen LogP contribution in [-0.4, -0.2) is 29.7 Å². The highest BCUT2D eigenvalue weighted by atomic mass is 16.5. The minimum absolute atomic E-state index is 0.690. The fourth-order valence-corrected chi connectivity index (χ4v) is 2.95. The number of hydrogen-bond acceptors (Lipinski definition) is 3. The van der Waals surface area contributed by atoms with E-state index in [2.05, 4.69) is 60.3 Å². The highest BCUT2D eigenvalue weighted by Crippen LogP contribution is 2.29. The summed E-state index contributed by atoms with van der Waals surface area (Å²) in [5.41, 5.74) is 5.70. The van der Waals surface area contributed by atoms with E-state index in [9.17, 15) is 0 Å². The van der Waals surface area contributed by atoms with E-state index in [1.165, 1.54) is 23.1 Å². The first-order valence-electron chi connectivity index (χ1n) is 9.02. The Morgan fingerprint density at radius 1 is 1.08 bits per heavy atom. The first kappa shape index (κ1) is 17.5. The Hall–Kier alpha value is -2.33. The molecule has 0 bridgehead atoms. The number of imidazole rings is 1. The number of aryl methyl sites for hydroxylation is 1. The van der Waals surface area contributed by atoms with Crippen LogP contribution in [0.2, 0.25) is 0 Å². The monoisotopic (exact) mass is 337 g/mol. The fraction of sp³-hybridized carbons (Fsp3) is 0.381. The molecule has 1 heterocycles. The van der Waals surface area contributed by atoms with Crippen LogP contribution in [0.3, 0.4) is 0 Å². The second kappa shape index (κ2) is 8.17. The van der Waals surface area contributed by atoms with Gasteiger partial charge in [-0.05, 0) is 60.7 Å². The predicted molar refractivity (Wildman–Crippen MR) is 104 cm³/mol. The minimum atomic E-state index is 0.690. The lowest BCUT2D eigenvalue weighted by Gasteiger charge is -2.10. The molecule has 0 fully saturated rings. The normalized spacial score (nSPS) is 11.4. The van der Waals surface area contributed by atoms with Gasteiger partial charge in [-0.1, -0.05) is 32.0 Å². The molecule has 3 aromatic rings. The van der Waals surface area contributed by atoms with Crippen LogP contribution in [-0.2, 0) is 0 Å². The lowest BCUT2D eigenvalue weighted by Crippen LogP contribution is -2.22. The van der Waals surface area contributed by atoms with Gasteiger partial charge in [0.05, 0.1) is 17.4 Å². The van der Waals surface area contributed by atoms with Gasteiger partial charge in [0.2, 0.25) is 0 Å². The van der Waals surface area contributed by atoms with E-state index in [-0.39, 0.29) is 0 Å². The largest absolute Gasteiger partial charge is 0.492 e. The number of benzene rings is 2. The average molecular weight is 337 g/mol. The molecule has 0 aliphatic heterocycles. The molecule has 25 heavy (non-hydrogen) atoms. The van der Waals surface area contributed by atoms with Crippen LogP contribution in [0.4, 0.5) is 0 Å². The summed E-state index contributed by atoms with van der Waals surface area (Å²) in [7, 11) is 0. The summed E-state index contributed by atoms with van der Waals surface area (Å²) in [5.74, 6) is 1.65. The van der Waals surface area contributed by atoms with Gasteiger partial charge in [-0.15, -0.1) is 0 Å². The second-order valence-corrected chi connectivity index (χ2v) is 6.84. The maximum Gasteiger partial charge on any atom is 0.119 e. The summed E-state index contributed by atoms with van der Waals surface area (Å²) in [4.78, 5) is 7.57. The Morgan fingerprint density at radius 3 is 2.64 bits per heavy atom. The number of ether oxygens (including phenoxy) is 1. The molecule has 2 aromatic carbocycles. The Balaban J connectivity index is 1.57. The number of H-pyrrole nitrogens is 1. The van der Waals surface area contributed by atoms with Gasteiger partial charge in [-0.3, -0.25) is 0 Å². The Bertz CT molecular complexity index is 806. The van der Waals surface area contributed by atoms with Crippen molar-refractivity contribution in [1.29, 1.82) is 0 Å². The van der Waals surface area contributed by atoms with Gasteiger partial charge >= 0.3 is 0 Å². The van der Waals surface area contributed by atoms with E-state index in [0.29, 0.717) is 6.61 Å². The van der Waals surface area contributed by atoms with Gasteiger partial charge in [0, 0.05) is 6.54 Å². The number of aromatic nitrogens is 2. The number of nitrogens with one attached hydrogen (secondary N) is 2. The number of hydrogen-bond donors (Lipinski definition) is 2. The molecular weight excluding hydrogens is 310 g/mol. The number of nitrogens with zero attached hydrogens (tertiary/aromatic N) is 1. The summed E-state index contributed by atoms with van der Waals surface area (Å²) < 4.78 is 5.81. The molecule has 0 saturated carbocycles. The molecule has 0 radical (unpaired) electrons. The van der Waals surface area contributed by atoms with E-state index in [0.717, 1.165) is 35.8 Å². The molecule has 0 atom stereocenters. The topological polar surface area (TPSA) is 49.9 Å². The smallest absolute Gasteiger partial charge is 0.119 e. The van der Waals surface area contributed by atoms with Crippen LogP contribution in [0.5, 0.6) is 5.75 Å². The summed E-state index contributed by atoms with van der Waals surface area (Å²) in [6.45, 7) is 9.22. The third kappa shape index (κ3) is 4.40. The number of fused-ring (bicyclic) bond motifs is 1. The van der Waals surface area contributed by atoms with Gasteiger partial charge < -0.3 is 15.0 Å². The molecule has 2 N–H and O–H groups in total. The number of aromatic amines is 1. The Morgan fingerprint density at radius 2 is 1.88 bits per heavy atom. The maximum atomic E-state index is 5.81. The van der Waals surface area contributed by atoms with E-state index < -0.39 is 0 Å². The fourth-order valence-electron chi connectivity index (χ4n) is 2.95. The SMILES string of the molecule is Cc1c(-c2ccc(OCCNCCC(C)C)cc2)ccc2[nH]cnc12. The van der Waals surface area contributed by atoms with Crippen molar-refractivity contribution in [1.82, 2.24) is 15.3 Å². The molecule has 0 spiro atoms. The Labute approximate surface area is 149 Å². The van der Waals surface area contributed by atoms with Crippen molar-refractivity contribution >= 4 is 11.0 Å². The lowest BCUT2D eigenvalue weighted by molar-refractivity contribution is 0.312. The predicted octanol–water partition coefficient (Wildman–Crippen LogP) is 4.55. The molecule has 0 aliphatic carbocycles. The van der Waals surface area contributed by atoms with Crippen LogP contribution in [0, 0.1) is 12.8 Å². The van der Waals surface area contributed by atoms with Crippen LogP contribution in [0.15, 0.2) is 42.7 Å². The van der Waals surface area contributed by atoms with Gasteiger partial charge in [0.1, 0.15) is 12.4 Å². The third-order valence-electron chi connectivity index (χ3n) is 4.46. The summed E-state index contributed by atoms with van der Waals surface area (Å²) in [6.07, 6.45) is 2.95. The zero-order valence-electron chi connectivity index (χ0n) is 15.3. The molecule has 4 nitrogen and oxygen atoms in total. The summed E-state index contributed by atoms with van der Waals surface area (Å²) in [6, 6.07) is 12.5. The van der Waals surface area contributed by atoms with Crippen molar-refractivity contribution in [2.75, 3.05) is 19.7 Å². The van der Waals surface area contributed by atoms with Crippen molar-refractivity contribution in [3.8, 4) is 16.9 Å². The summed E-state index contributed by atoms with van der Waals surface area (Å²) in [5, 5.41) is 3.41. The highest BCUT2D eigenvalue weighted by Gasteiger charge is 2.07. The van der Waals surface area contributed by atoms with Crippen LogP contribution in [0.1, 0.15) is 25.8 Å². The molecule has 0 unspecified atom stereocenters. The quantitative estimate of drug-likeness (QED) is 0.593. The van der Waals surface area contributed by atoms with Crippen molar-refractivity contribution in [2.45, 2.75) is 27.2 Å². The van der Waals surface area contributed by atoms with Crippen molar-refractivity contribution < 1.29 is 4.74 Å². The van der Waals surface area contributed by atoms with Gasteiger partial charge in [0.25, 0.3) is 0 Å². The van der Waals surface area contributed by atoms with Gasteiger partial charge in [-0.25, -0.2) is 4.98 Å².